The van der Waals surface area contributed by atoms with Crippen LogP contribution in [0.1, 0.15) is 6.92 Å². The van der Waals surface area contributed by atoms with Gasteiger partial charge in [0.15, 0.2) is 0 Å². The first-order valence-electron chi connectivity index (χ1n) is 2.54. The Morgan fingerprint density at radius 3 is 2.30 bits per heavy atom. The van der Waals surface area contributed by atoms with Crippen LogP contribution in [0.25, 0.3) is 0 Å². The van der Waals surface area contributed by atoms with Crippen LogP contribution in [0.3, 0.4) is 0 Å². The number of rotatable bonds is 2. The number of carbonyl (C=O) groups is 2. The van der Waals surface area contributed by atoms with Crippen molar-refractivity contribution in [3.63, 3.8) is 0 Å². The molecule has 0 atom stereocenters. The van der Waals surface area contributed by atoms with Gasteiger partial charge in [0.25, 0.3) is 0 Å². The number of esters is 1. The van der Waals surface area contributed by atoms with Gasteiger partial charge < -0.3 is 4.74 Å². The van der Waals surface area contributed by atoms with Crippen molar-refractivity contribution in [3.8, 4) is 0 Å². The van der Waals surface area contributed by atoms with Crippen molar-refractivity contribution in [3.05, 3.63) is 11.6 Å². The molecule has 0 amide bonds. The molecule has 0 rings (SSSR count). The Morgan fingerprint density at radius 2 is 2.00 bits per heavy atom. The van der Waals surface area contributed by atoms with E-state index in [2.05, 4.69) is 4.74 Å². The van der Waals surface area contributed by atoms with Gasteiger partial charge in [-0.05, 0) is 18.5 Å². The molecule has 0 bridgehead atoms. The van der Waals surface area contributed by atoms with E-state index in [-0.39, 0.29) is 5.57 Å². The summed E-state index contributed by atoms with van der Waals surface area (Å²) < 4.78 is 4.29. The molecule has 0 aromatic heterocycles. The molecule has 0 aliphatic rings. The van der Waals surface area contributed by atoms with E-state index in [1.807, 2.05) is 0 Å². The highest BCUT2D eigenvalue weighted by atomic mass is 35.5. The van der Waals surface area contributed by atoms with Gasteiger partial charge in [-0.25, -0.2) is 4.79 Å². The summed E-state index contributed by atoms with van der Waals surface area (Å²) in [5, 5.41) is -0.678. The molecular formula is C6H7ClO3. The smallest absolute Gasteiger partial charge is 0.333 e. The van der Waals surface area contributed by atoms with Gasteiger partial charge in [-0.1, -0.05) is 0 Å². The molecule has 10 heavy (non-hydrogen) atoms. The minimum atomic E-state index is -0.678. The third-order valence-electron chi connectivity index (χ3n) is 0.837. The number of hydrogen-bond acceptors (Lipinski definition) is 3. The molecule has 0 saturated carbocycles. The summed E-state index contributed by atoms with van der Waals surface area (Å²) in [5.41, 5.74) is 0.197. The maximum Gasteiger partial charge on any atom is 0.333 e. The van der Waals surface area contributed by atoms with E-state index >= 15 is 0 Å². The third-order valence-corrected chi connectivity index (χ3v) is 0.946. The second-order valence-corrected chi connectivity index (χ2v) is 2.00. The topological polar surface area (TPSA) is 43.4 Å². The van der Waals surface area contributed by atoms with Gasteiger partial charge in [-0.3, -0.25) is 4.79 Å². The van der Waals surface area contributed by atoms with Gasteiger partial charge in [-0.2, -0.15) is 0 Å². The minimum Gasteiger partial charge on any atom is -0.466 e. The second-order valence-electron chi connectivity index (χ2n) is 1.62. The Balaban J connectivity index is 4.19. The standard InChI is InChI=1S/C6H7ClO3/c1-4(3-5(7)8)6(9)10-2/h3H,1-2H3/b4-3+. The molecule has 0 radical (unpaired) electrons. The lowest BCUT2D eigenvalue weighted by Crippen LogP contribution is -2.02. The molecule has 0 aliphatic heterocycles. The summed E-state index contributed by atoms with van der Waals surface area (Å²) in [7, 11) is 1.23. The minimum absolute atomic E-state index is 0.197. The fourth-order valence-corrected chi connectivity index (χ4v) is 0.554. The van der Waals surface area contributed by atoms with Crippen LogP contribution >= 0.6 is 11.6 Å². The van der Waals surface area contributed by atoms with Crippen molar-refractivity contribution in [2.24, 2.45) is 0 Å². The molecule has 56 valence electrons. The fourth-order valence-electron chi connectivity index (χ4n) is 0.390. The van der Waals surface area contributed by atoms with Crippen LogP contribution in [0.5, 0.6) is 0 Å². The molecule has 0 N–H and O–H groups in total. The van der Waals surface area contributed by atoms with E-state index in [1.165, 1.54) is 14.0 Å². The van der Waals surface area contributed by atoms with Gasteiger partial charge in [0.2, 0.25) is 5.24 Å². The molecule has 0 fully saturated rings. The zero-order valence-electron chi connectivity index (χ0n) is 5.68. The van der Waals surface area contributed by atoms with Crippen LogP contribution in [0, 0.1) is 0 Å². The third kappa shape index (κ3) is 3.25. The molecule has 0 aromatic carbocycles. The van der Waals surface area contributed by atoms with E-state index in [4.69, 9.17) is 11.6 Å². The first-order valence-corrected chi connectivity index (χ1v) is 2.91. The highest BCUT2D eigenvalue weighted by Gasteiger charge is 2.03. The molecule has 0 spiro atoms. The number of ether oxygens (including phenoxy) is 1. The lowest BCUT2D eigenvalue weighted by molar-refractivity contribution is -0.136. The summed E-state index contributed by atoms with van der Waals surface area (Å²) in [4.78, 5) is 20.7. The van der Waals surface area contributed by atoms with E-state index < -0.39 is 11.2 Å². The molecule has 0 unspecified atom stereocenters. The largest absolute Gasteiger partial charge is 0.466 e. The molecule has 0 heterocycles. The Kier molecular flexibility index (Phi) is 3.72. The molecule has 0 aliphatic carbocycles. The average Bonchev–Trinajstić information content (AvgIpc) is 1.85. The zero-order valence-corrected chi connectivity index (χ0v) is 6.44. The molecule has 0 saturated heterocycles. The van der Waals surface area contributed by atoms with Gasteiger partial charge in [0, 0.05) is 11.6 Å². The predicted molar refractivity (Wildman–Crippen MR) is 36.6 cm³/mol. The SMILES string of the molecule is COC(=O)/C(C)=C/C(=O)Cl. The normalized spacial score (nSPS) is 10.9. The highest BCUT2D eigenvalue weighted by Crippen LogP contribution is 1.96. The van der Waals surface area contributed by atoms with Crippen LogP contribution in [0.4, 0.5) is 0 Å². The maximum absolute atomic E-state index is 10.5. The van der Waals surface area contributed by atoms with Gasteiger partial charge in [0.1, 0.15) is 0 Å². The molecule has 4 heteroatoms. The number of methoxy groups -OCH3 is 1. The van der Waals surface area contributed by atoms with E-state index in [0.29, 0.717) is 0 Å². The lowest BCUT2D eigenvalue weighted by atomic mass is 10.3. The summed E-state index contributed by atoms with van der Waals surface area (Å²) >= 11 is 4.95. The quantitative estimate of drug-likeness (QED) is 0.344. The van der Waals surface area contributed by atoms with Crippen molar-refractivity contribution in [2.75, 3.05) is 7.11 Å². The monoisotopic (exact) mass is 162 g/mol. The Morgan fingerprint density at radius 1 is 1.50 bits per heavy atom. The van der Waals surface area contributed by atoms with Crippen molar-refractivity contribution in [2.45, 2.75) is 6.92 Å². The van der Waals surface area contributed by atoms with Crippen LogP contribution < -0.4 is 0 Å². The number of allylic oxidation sites excluding steroid dienone is 1. The highest BCUT2D eigenvalue weighted by molar-refractivity contribution is 6.66. The van der Waals surface area contributed by atoms with Crippen molar-refractivity contribution < 1.29 is 14.3 Å². The zero-order chi connectivity index (χ0) is 8.15. The van der Waals surface area contributed by atoms with Crippen molar-refractivity contribution in [1.29, 1.82) is 0 Å². The first-order chi connectivity index (χ1) is 4.57. The predicted octanol–water partition coefficient (Wildman–Crippen LogP) is 0.871. The Labute approximate surface area is 63.6 Å². The summed E-state index contributed by atoms with van der Waals surface area (Å²) in [6.07, 6.45) is 1.01. The summed E-state index contributed by atoms with van der Waals surface area (Å²) in [5.74, 6) is -0.547. The Bertz CT molecular complexity index is 183. The van der Waals surface area contributed by atoms with Crippen LogP contribution in [-0.4, -0.2) is 18.3 Å². The fraction of sp³-hybridized carbons (Fsp3) is 0.333. The average molecular weight is 163 g/mol. The Hall–Kier alpha value is -0.830. The van der Waals surface area contributed by atoms with Gasteiger partial charge in [0.05, 0.1) is 7.11 Å². The van der Waals surface area contributed by atoms with E-state index in [1.54, 1.807) is 0 Å². The number of carbonyl (C=O) groups excluding carboxylic acids is 2. The van der Waals surface area contributed by atoms with Gasteiger partial charge >= 0.3 is 5.97 Å². The summed E-state index contributed by atoms with van der Waals surface area (Å²) in [6.45, 7) is 1.45. The maximum atomic E-state index is 10.5. The number of hydrogen-bond donors (Lipinski definition) is 0. The molecule has 3 nitrogen and oxygen atoms in total. The van der Waals surface area contributed by atoms with Crippen molar-refractivity contribution in [1.82, 2.24) is 0 Å². The number of halogens is 1. The van der Waals surface area contributed by atoms with Crippen LogP contribution in [-0.2, 0) is 14.3 Å². The van der Waals surface area contributed by atoms with E-state index in [0.717, 1.165) is 6.08 Å². The van der Waals surface area contributed by atoms with Crippen molar-refractivity contribution >= 4 is 22.8 Å². The second kappa shape index (κ2) is 4.06. The molecular weight excluding hydrogens is 156 g/mol. The van der Waals surface area contributed by atoms with Gasteiger partial charge in [-0.15, -0.1) is 0 Å². The van der Waals surface area contributed by atoms with E-state index in [9.17, 15) is 9.59 Å². The summed E-state index contributed by atoms with van der Waals surface area (Å²) in [6, 6.07) is 0. The lowest BCUT2D eigenvalue weighted by Gasteiger charge is -1.94. The van der Waals surface area contributed by atoms with Crippen LogP contribution in [0.15, 0.2) is 11.6 Å². The first kappa shape index (κ1) is 9.17. The van der Waals surface area contributed by atoms with Crippen LogP contribution in [0.2, 0.25) is 0 Å². The molecule has 0 aromatic rings.